The highest BCUT2D eigenvalue weighted by Gasteiger charge is 2.17. The third-order valence-electron chi connectivity index (χ3n) is 2.69. The van der Waals surface area contributed by atoms with E-state index < -0.39 is 16.1 Å². The molecule has 0 spiro atoms. The fourth-order valence-electron chi connectivity index (χ4n) is 1.51. The van der Waals surface area contributed by atoms with Gasteiger partial charge in [0.05, 0.1) is 11.0 Å². The minimum atomic E-state index is -3.52. The second-order valence-electron chi connectivity index (χ2n) is 4.75. The van der Waals surface area contributed by atoms with E-state index in [2.05, 4.69) is 5.32 Å². The number of sulfonamides is 1. The summed E-state index contributed by atoms with van der Waals surface area (Å²) in [4.78, 5) is 11.8. The van der Waals surface area contributed by atoms with Crippen LogP contribution in [0.2, 0.25) is 0 Å². The summed E-state index contributed by atoms with van der Waals surface area (Å²) in [6, 6.07) is 6.08. The Morgan fingerprint density at radius 3 is 2.60 bits per heavy atom. The highest BCUT2D eigenvalue weighted by atomic mass is 32.2. The number of hydrogen-bond donors (Lipinski definition) is 2. The van der Waals surface area contributed by atoms with Gasteiger partial charge in [0.25, 0.3) is 0 Å². The number of rotatable bonds is 6. The molecule has 0 aliphatic heterocycles. The Hall–Kier alpha value is -1.44. The monoisotopic (exact) mass is 300 g/mol. The fraction of sp³-hybridized carbons (Fsp3) is 0.462. The maximum absolute atomic E-state index is 12.0. The van der Waals surface area contributed by atoms with Crippen LogP contribution < -0.4 is 5.32 Å². The molecule has 0 aliphatic rings. The first-order valence-corrected chi connectivity index (χ1v) is 7.68. The Kier molecular flexibility index (Phi) is 5.67. The van der Waals surface area contributed by atoms with E-state index in [0.29, 0.717) is 12.1 Å². The molecule has 1 unspecified atom stereocenters. The van der Waals surface area contributed by atoms with Crippen molar-refractivity contribution in [2.24, 2.45) is 0 Å². The van der Waals surface area contributed by atoms with Crippen LogP contribution in [0.25, 0.3) is 0 Å². The van der Waals surface area contributed by atoms with E-state index >= 15 is 0 Å². The summed E-state index contributed by atoms with van der Waals surface area (Å²) in [5, 5.41) is 11.7. The molecular formula is C13H20N2O4S. The third-order valence-corrected chi connectivity index (χ3v) is 4.50. The molecular weight excluding hydrogens is 280 g/mol. The first-order valence-electron chi connectivity index (χ1n) is 6.24. The average molecular weight is 300 g/mol. The molecule has 0 bridgehead atoms. The van der Waals surface area contributed by atoms with Crippen molar-refractivity contribution in [3.8, 4) is 0 Å². The quantitative estimate of drug-likeness (QED) is 0.821. The first-order chi connectivity index (χ1) is 9.23. The standard InChI is InChI=1S/C13H20N2O4S/c1-10(16)7-8-13(17)14-11-5-4-6-12(9-11)20(18,19)15(2)3/h4-6,9-10,16H,7-8H2,1-3H3,(H,14,17). The Morgan fingerprint density at radius 1 is 1.40 bits per heavy atom. The molecule has 0 heterocycles. The van der Waals surface area contributed by atoms with Gasteiger partial charge in [-0.25, -0.2) is 12.7 Å². The lowest BCUT2D eigenvalue weighted by Gasteiger charge is -2.12. The van der Waals surface area contributed by atoms with Gasteiger partial charge in [0, 0.05) is 26.2 Å². The average Bonchev–Trinajstić information content (AvgIpc) is 2.36. The van der Waals surface area contributed by atoms with Crippen molar-refractivity contribution in [1.82, 2.24) is 4.31 Å². The van der Waals surface area contributed by atoms with Gasteiger partial charge in [-0.3, -0.25) is 4.79 Å². The lowest BCUT2D eigenvalue weighted by molar-refractivity contribution is -0.116. The van der Waals surface area contributed by atoms with Gasteiger partial charge in [-0.15, -0.1) is 0 Å². The van der Waals surface area contributed by atoms with Gasteiger partial charge in [-0.2, -0.15) is 0 Å². The van der Waals surface area contributed by atoms with Crippen LogP contribution in [0.5, 0.6) is 0 Å². The summed E-state index contributed by atoms with van der Waals surface area (Å²) in [6.07, 6.45) is 0.00493. The minimum absolute atomic E-state index is 0.121. The second kappa shape index (κ2) is 6.83. The predicted octanol–water partition coefficient (Wildman–Crippen LogP) is 1.04. The number of carbonyl (C=O) groups excluding carboxylic acids is 1. The molecule has 6 nitrogen and oxygen atoms in total. The summed E-state index contributed by atoms with van der Waals surface area (Å²) in [6.45, 7) is 1.61. The fourth-order valence-corrected chi connectivity index (χ4v) is 2.46. The van der Waals surface area contributed by atoms with Gasteiger partial charge in [0.1, 0.15) is 0 Å². The highest BCUT2D eigenvalue weighted by Crippen LogP contribution is 2.18. The summed E-state index contributed by atoms with van der Waals surface area (Å²) >= 11 is 0. The van der Waals surface area contributed by atoms with Crippen molar-refractivity contribution in [2.75, 3.05) is 19.4 Å². The molecule has 0 saturated heterocycles. The Balaban J connectivity index is 2.82. The van der Waals surface area contributed by atoms with Crippen LogP contribution in [0.3, 0.4) is 0 Å². The number of carbonyl (C=O) groups is 1. The Morgan fingerprint density at radius 2 is 2.05 bits per heavy atom. The molecule has 1 amide bonds. The van der Waals surface area contributed by atoms with Crippen LogP contribution in [0.4, 0.5) is 5.69 Å². The van der Waals surface area contributed by atoms with E-state index in [1.165, 1.54) is 26.2 Å². The van der Waals surface area contributed by atoms with Crippen LogP contribution in [0, 0.1) is 0 Å². The molecule has 1 aromatic rings. The van der Waals surface area contributed by atoms with Gasteiger partial charge in [-0.1, -0.05) is 6.07 Å². The lowest BCUT2D eigenvalue weighted by atomic mass is 10.2. The number of amides is 1. The van der Waals surface area contributed by atoms with Crippen LogP contribution in [0.1, 0.15) is 19.8 Å². The van der Waals surface area contributed by atoms with Crippen LogP contribution in [0.15, 0.2) is 29.2 Å². The second-order valence-corrected chi connectivity index (χ2v) is 6.90. The number of hydrogen-bond acceptors (Lipinski definition) is 4. The minimum Gasteiger partial charge on any atom is -0.393 e. The molecule has 0 aliphatic carbocycles. The Labute approximate surface area is 119 Å². The number of nitrogens with one attached hydrogen (secondary N) is 1. The molecule has 2 N–H and O–H groups in total. The number of nitrogens with zero attached hydrogens (tertiary/aromatic N) is 1. The molecule has 0 aromatic heterocycles. The smallest absolute Gasteiger partial charge is 0.242 e. The van der Waals surface area contributed by atoms with E-state index in [-0.39, 0.29) is 17.2 Å². The van der Waals surface area contributed by atoms with E-state index in [9.17, 15) is 13.2 Å². The van der Waals surface area contributed by atoms with E-state index in [0.717, 1.165) is 4.31 Å². The molecule has 1 atom stereocenters. The summed E-state index contributed by atoms with van der Waals surface area (Å²) in [7, 11) is -0.624. The topological polar surface area (TPSA) is 86.7 Å². The molecule has 7 heteroatoms. The molecule has 0 saturated carbocycles. The number of aliphatic hydroxyl groups excluding tert-OH is 1. The largest absolute Gasteiger partial charge is 0.393 e. The maximum atomic E-state index is 12.0. The molecule has 20 heavy (non-hydrogen) atoms. The number of aliphatic hydroxyl groups is 1. The van der Waals surface area contributed by atoms with Crippen molar-refractivity contribution < 1.29 is 18.3 Å². The zero-order valence-corrected chi connectivity index (χ0v) is 12.6. The van der Waals surface area contributed by atoms with Gasteiger partial charge in [0.2, 0.25) is 15.9 Å². The third kappa shape index (κ3) is 4.59. The van der Waals surface area contributed by atoms with Crippen LogP contribution in [-0.2, 0) is 14.8 Å². The zero-order valence-electron chi connectivity index (χ0n) is 11.8. The molecule has 0 radical (unpaired) electrons. The van der Waals surface area contributed by atoms with Crippen molar-refractivity contribution in [3.63, 3.8) is 0 Å². The maximum Gasteiger partial charge on any atom is 0.242 e. The van der Waals surface area contributed by atoms with E-state index in [4.69, 9.17) is 5.11 Å². The van der Waals surface area contributed by atoms with Crippen LogP contribution in [-0.4, -0.2) is 43.9 Å². The molecule has 1 rings (SSSR count). The zero-order chi connectivity index (χ0) is 15.3. The van der Waals surface area contributed by atoms with Crippen molar-refractivity contribution in [1.29, 1.82) is 0 Å². The highest BCUT2D eigenvalue weighted by molar-refractivity contribution is 7.89. The van der Waals surface area contributed by atoms with E-state index in [1.807, 2.05) is 0 Å². The van der Waals surface area contributed by atoms with Crippen molar-refractivity contribution >= 4 is 21.6 Å². The lowest BCUT2D eigenvalue weighted by Crippen LogP contribution is -2.22. The van der Waals surface area contributed by atoms with Crippen molar-refractivity contribution in [2.45, 2.75) is 30.8 Å². The van der Waals surface area contributed by atoms with Gasteiger partial charge < -0.3 is 10.4 Å². The SMILES string of the molecule is CC(O)CCC(=O)Nc1cccc(S(=O)(=O)N(C)C)c1. The molecule has 1 aromatic carbocycles. The summed E-state index contributed by atoms with van der Waals surface area (Å²) < 4.78 is 25.0. The Bertz CT molecular complexity index is 567. The normalized spacial score (nSPS) is 13.2. The number of benzene rings is 1. The van der Waals surface area contributed by atoms with Gasteiger partial charge in [0.15, 0.2) is 0 Å². The predicted molar refractivity (Wildman–Crippen MR) is 76.9 cm³/mol. The first kappa shape index (κ1) is 16.6. The van der Waals surface area contributed by atoms with Gasteiger partial charge >= 0.3 is 0 Å². The molecule has 112 valence electrons. The summed E-state index contributed by atoms with van der Waals surface area (Å²) in [5.74, 6) is -0.259. The van der Waals surface area contributed by atoms with Crippen molar-refractivity contribution in [3.05, 3.63) is 24.3 Å². The number of anilines is 1. The van der Waals surface area contributed by atoms with Crippen LogP contribution >= 0.6 is 0 Å². The van der Waals surface area contributed by atoms with E-state index in [1.54, 1.807) is 19.1 Å². The molecule has 0 fully saturated rings. The van der Waals surface area contributed by atoms with Gasteiger partial charge in [-0.05, 0) is 31.5 Å². The summed E-state index contributed by atoms with van der Waals surface area (Å²) in [5.41, 5.74) is 0.420.